The summed E-state index contributed by atoms with van der Waals surface area (Å²) < 4.78 is 18.3. The van der Waals surface area contributed by atoms with Crippen LogP contribution >= 0.6 is 0 Å². The maximum atomic E-state index is 13.3. The lowest BCUT2D eigenvalue weighted by Gasteiger charge is -2.31. The summed E-state index contributed by atoms with van der Waals surface area (Å²) in [7, 11) is 0. The molecule has 1 aliphatic rings. The van der Waals surface area contributed by atoms with E-state index in [-0.39, 0.29) is 11.4 Å². The Bertz CT molecular complexity index is 401. The Balaban J connectivity index is 2.51. The number of anilines is 1. The van der Waals surface area contributed by atoms with Crippen LogP contribution in [0.1, 0.15) is 13.8 Å². The van der Waals surface area contributed by atoms with Crippen molar-refractivity contribution in [2.24, 2.45) is 0 Å². The van der Waals surface area contributed by atoms with Gasteiger partial charge in [-0.2, -0.15) is 0 Å². The number of benzene rings is 1. The number of esters is 1. The number of rotatable bonds is 0. The van der Waals surface area contributed by atoms with Gasteiger partial charge in [0.1, 0.15) is 17.0 Å². The fraction of sp³-hybridized carbons (Fsp3) is 0.300. The number of nitrogens with one attached hydrogen (secondary N) is 1. The van der Waals surface area contributed by atoms with Crippen LogP contribution in [0.25, 0.3) is 0 Å². The average Bonchev–Trinajstić information content (AvgIpc) is 2.09. The van der Waals surface area contributed by atoms with Crippen molar-refractivity contribution in [3.05, 3.63) is 24.0 Å². The summed E-state index contributed by atoms with van der Waals surface area (Å²) in [5, 5.41) is 2.80. The average molecular weight is 195 g/mol. The zero-order valence-corrected chi connectivity index (χ0v) is 7.93. The van der Waals surface area contributed by atoms with Crippen molar-refractivity contribution in [2.45, 2.75) is 19.4 Å². The molecule has 0 aliphatic carbocycles. The maximum Gasteiger partial charge on any atom is 0.336 e. The SMILES string of the molecule is CC1(C)Nc2c(F)cccc2OC1=O. The van der Waals surface area contributed by atoms with Crippen LogP contribution in [0.15, 0.2) is 18.2 Å². The van der Waals surface area contributed by atoms with Crippen molar-refractivity contribution in [1.82, 2.24) is 0 Å². The van der Waals surface area contributed by atoms with Crippen molar-refractivity contribution >= 4 is 11.7 Å². The van der Waals surface area contributed by atoms with Gasteiger partial charge >= 0.3 is 5.97 Å². The van der Waals surface area contributed by atoms with Crippen LogP contribution in [0.4, 0.5) is 10.1 Å². The highest BCUT2D eigenvalue weighted by molar-refractivity contribution is 5.90. The summed E-state index contributed by atoms with van der Waals surface area (Å²) >= 11 is 0. The first-order valence-electron chi connectivity index (χ1n) is 4.30. The second-order valence-electron chi connectivity index (χ2n) is 3.75. The molecule has 0 fully saturated rings. The zero-order valence-electron chi connectivity index (χ0n) is 7.93. The number of ether oxygens (including phenoxy) is 1. The van der Waals surface area contributed by atoms with Crippen LogP contribution in [0.2, 0.25) is 0 Å². The van der Waals surface area contributed by atoms with Crippen molar-refractivity contribution in [2.75, 3.05) is 5.32 Å². The molecule has 1 heterocycles. The molecule has 1 aromatic rings. The molecule has 2 rings (SSSR count). The smallest absolute Gasteiger partial charge is 0.336 e. The van der Waals surface area contributed by atoms with Gasteiger partial charge in [0, 0.05) is 0 Å². The number of carbonyl (C=O) groups excluding carboxylic acids is 1. The highest BCUT2D eigenvalue weighted by Gasteiger charge is 2.36. The summed E-state index contributed by atoms with van der Waals surface area (Å²) in [5.74, 6) is -0.576. The number of carbonyl (C=O) groups is 1. The number of halogens is 1. The second-order valence-corrected chi connectivity index (χ2v) is 3.75. The Morgan fingerprint density at radius 1 is 1.43 bits per heavy atom. The molecule has 0 spiro atoms. The van der Waals surface area contributed by atoms with E-state index < -0.39 is 17.3 Å². The Labute approximate surface area is 80.9 Å². The molecule has 0 unspecified atom stereocenters. The summed E-state index contributed by atoms with van der Waals surface area (Å²) in [6, 6.07) is 4.38. The maximum absolute atomic E-state index is 13.3. The zero-order chi connectivity index (χ0) is 10.3. The molecule has 0 bridgehead atoms. The monoisotopic (exact) mass is 195 g/mol. The van der Waals surface area contributed by atoms with E-state index >= 15 is 0 Å². The molecule has 1 aliphatic heterocycles. The molecule has 1 aromatic carbocycles. The lowest BCUT2D eigenvalue weighted by Crippen LogP contribution is -2.46. The minimum absolute atomic E-state index is 0.245. The molecule has 0 amide bonds. The summed E-state index contributed by atoms with van der Waals surface area (Å²) in [5.41, 5.74) is -0.632. The van der Waals surface area contributed by atoms with Crippen molar-refractivity contribution in [1.29, 1.82) is 0 Å². The van der Waals surface area contributed by atoms with E-state index in [4.69, 9.17) is 4.74 Å². The Morgan fingerprint density at radius 3 is 2.86 bits per heavy atom. The van der Waals surface area contributed by atoms with E-state index in [0.29, 0.717) is 0 Å². The molecular formula is C10H10FNO2. The van der Waals surface area contributed by atoms with Gasteiger partial charge in [-0.3, -0.25) is 0 Å². The topological polar surface area (TPSA) is 38.3 Å². The fourth-order valence-corrected chi connectivity index (χ4v) is 1.30. The van der Waals surface area contributed by atoms with E-state index in [2.05, 4.69) is 5.32 Å². The van der Waals surface area contributed by atoms with E-state index in [1.54, 1.807) is 19.9 Å². The number of hydrogen-bond donors (Lipinski definition) is 1. The van der Waals surface area contributed by atoms with Crippen molar-refractivity contribution in [3.63, 3.8) is 0 Å². The molecule has 0 saturated heterocycles. The summed E-state index contributed by atoms with van der Waals surface area (Å²) in [6.07, 6.45) is 0. The predicted molar refractivity (Wildman–Crippen MR) is 49.7 cm³/mol. The van der Waals surface area contributed by atoms with Gasteiger partial charge in [-0.15, -0.1) is 0 Å². The Kier molecular flexibility index (Phi) is 1.74. The van der Waals surface area contributed by atoms with Crippen LogP contribution in [-0.2, 0) is 4.79 Å². The molecule has 4 heteroatoms. The molecule has 1 N–H and O–H groups in total. The van der Waals surface area contributed by atoms with Gasteiger partial charge in [-0.05, 0) is 26.0 Å². The molecule has 0 aromatic heterocycles. The predicted octanol–water partition coefficient (Wildman–Crippen LogP) is 1.94. The lowest BCUT2D eigenvalue weighted by atomic mass is 10.0. The first-order chi connectivity index (χ1) is 6.50. The van der Waals surface area contributed by atoms with Crippen LogP contribution in [-0.4, -0.2) is 11.5 Å². The molecule has 0 radical (unpaired) electrons. The number of fused-ring (bicyclic) bond motifs is 1. The number of hydrogen-bond acceptors (Lipinski definition) is 3. The van der Waals surface area contributed by atoms with Gasteiger partial charge in [0.05, 0.1) is 0 Å². The quantitative estimate of drug-likeness (QED) is 0.507. The van der Waals surface area contributed by atoms with Gasteiger partial charge in [-0.25, -0.2) is 9.18 Å². The third-order valence-corrected chi connectivity index (χ3v) is 2.13. The second kappa shape index (κ2) is 2.70. The molecule has 0 saturated carbocycles. The van der Waals surface area contributed by atoms with Gasteiger partial charge in [0.25, 0.3) is 0 Å². The van der Waals surface area contributed by atoms with E-state index in [1.165, 1.54) is 12.1 Å². The molecule has 74 valence electrons. The van der Waals surface area contributed by atoms with Gasteiger partial charge < -0.3 is 10.1 Å². The lowest BCUT2D eigenvalue weighted by molar-refractivity contribution is -0.139. The van der Waals surface area contributed by atoms with Crippen LogP contribution < -0.4 is 10.1 Å². The fourth-order valence-electron chi connectivity index (χ4n) is 1.30. The summed E-state index contributed by atoms with van der Waals surface area (Å²) in [6.45, 7) is 3.29. The van der Waals surface area contributed by atoms with Gasteiger partial charge in [-0.1, -0.05) is 6.07 Å². The minimum Gasteiger partial charge on any atom is -0.422 e. The highest BCUT2D eigenvalue weighted by Crippen LogP contribution is 2.34. The molecular weight excluding hydrogens is 185 g/mol. The highest BCUT2D eigenvalue weighted by atomic mass is 19.1. The minimum atomic E-state index is -0.880. The normalized spacial score (nSPS) is 18.1. The van der Waals surface area contributed by atoms with Gasteiger partial charge in [0.2, 0.25) is 0 Å². The number of para-hydroxylation sites is 1. The molecule has 0 atom stereocenters. The van der Waals surface area contributed by atoms with Crippen LogP contribution in [0, 0.1) is 5.82 Å². The molecule has 14 heavy (non-hydrogen) atoms. The Morgan fingerprint density at radius 2 is 2.14 bits per heavy atom. The van der Waals surface area contributed by atoms with Crippen molar-refractivity contribution < 1.29 is 13.9 Å². The van der Waals surface area contributed by atoms with E-state index in [0.717, 1.165) is 0 Å². The van der Waals surface area contributed by atoms with Crippen molar-refractivity contribution in [3.8, 4) is 5.75 Å². The van der Waals surface area contributed by atoms with E-state index in [9.17, 15) is 9.18 Å². The third kappa shape index (κ3) is 1.23. The first kappa shape index (κ1) is 8.99. The van der Waals surface area contributed by atoms with Crippen LogP contribution in [0.3, 0.4) is 0 Å². The largest absolute Gasteiger partial charge is 0.422 e. The standard InChI is InChI=1S/C10H10FNO2/c1-10(2)9(13)14-7-5-3-4-6(11)8(7)12-10/h3-5,12H,1-2H3. The first-order valence-corrected chi connectivity index (χ1v) is 4.30. The summed E-state index contributed by atoms with van der Waals surface area (Å²) in [4.78, 5) is 11.4. The van der Waals surface area contributed by atoms with Crippen LogP contribution in [0.5, 0.6) is 5.75 Å². The Hall–Kier alpha value is -1.58. The third-order valence-electron chi connectivity index (χ3n) is 2.13. The van der Waals surface area contributed by atoms with Gasteiger partial charge in [0.15, 0.2) is 5.75 Å². The van der Waals surface area contributed by atoms with E-state index in [1.807, 2.05) is 0 Å². The molecule has 3 nitrogen and oxygen atoms in total.